The van der Waals surface area contributed by atoms with Gasteiger partial charge in [-0.15, -0.1) is 5.10 Å². The molecule has 1 aromatic rings. The monoisotopic (exact) mass is 181 g/mol. The number of aromatic nitrogens is 2. The second-order valence-corrected chi connectivity index (χ2v) is 3.79. The molecule has 0 aromatic carbocycles. The van der Waals surface area contributed by atoms with E-state index in [0.717, 1.165) is 25.2 Å². The van der Waals surface area contributed by atoms with Gasteiger partial charge in [-0.2, -0.15) is 0 Å². The first kappa shape index (κ1) is 8.53. The van der Waals surface area contributed by atoms with Crippen LogP contribution in [0.3, 0.4) is 0 Å². The van der Waals surface area contributed by atoms with Gasteiger partial charge < -0.3 is 10.2 Å². The fourth-order valence-electron chi connectivity index (χ4n) is 2.22. The minimum atomic E-state index is 0.130. The summed E-state index contributed by atoms with van der Waals surface area (Å²) in [5, 5.41) is 7.71. The highest BCUT2D eigenvalue weighted by molar-refractivity contribution is 5.12. The smallest absolute Gasteiger partial charge is 0.312 e. The molecule has 1 fully saturated rings. The minimum Gasteiger partial charge on any atom is -0.408 e. The van der Waals surface area contributed by atoms with Gasteiger partial charge in [-0.3, -0.25) is 0 Å². The molecular weight excluding hydrogens is 166 g/mol. The van der Waals surface area contributed by atoms with Crippen LogP contribution < -0.4 is 5.73 Å². The predicted octanol–water partition coefficient (Wildman–Crippen LogP) is 1.87. The fourth-order valence-corrected chi connectivity index (χ4v) is 2.22. The quantitative estimate of drug-likeness (QED) is 0.756. The summed E-state index contributed by atoms with van der Waals surface area (Å²) in [4.78, 5) is 0. The molecule has 0 unspecified atom stereocenters. The molecule has 0 spiro atoms. The molecule has 1 aliphatic rings. The maximum Gasteiger partial charge on any atom is 0.312 e. The number of rotatable bonds is 2. The van der Waals surface area contributed by atoms with Crippen LogP contribution in [0.25, 0.3) is 0 Å². The molecule has 0 radical (unpaired) electrons. The van der Waals surface area contributed by atoms with Gasteiger partial charge >= 0.3 is 6.01 Å². The normalized spacial score (nSPS) is 20.7. The van der Waals surface area contributed by atoms with Crippen molar-refractivity contribution in [1.29, 1.82) is 0 Å². The van der Waals surface area contributed by atoms with Gasteiger partial charge in [0.15, 0.2) is 0 Å². The highest BCUT2D eigenvalue weighted by Crippen LogP contribution is 2.42. The van der Waals surface area contributed by atoms with E-state index < -0.39 is 0 Å². The highest BCUT2D eigenvalue weighted by atomic mass is 16.4. The average Bonchev–Trinajstić information content (AvgIpc) is 2.73. The Morgan fingerprint density at radius 1 is 1.38 bits per heavy atom. The molecule has 0 amide bonds. The third kappa shape index (κ3) is 1.30. The topological polar surface area (TPSA) is 64.9 Å². The summed E-state index contributed by atoms with van der Waals surface area (Å²) in [5.74, 6) is 0.741. The molecular formula is C9H15N3O. The Balaban J connectivity index is 2.30. The lowest BCUT2D eigenvalue weighted by Gasteiger charge is -2.21. The molecule has 4 heteroatoms. The van der Waals surface area contributed by atoms with Crippen molar-refractivity contribution in [2.75, 3.05) is 5.73 Å². The van der Waals surface area contributed by atoms with Crippen molar-refractivity contribution in [1.82, 2.24) is 10.2 Å². The third-order valence-corrected chi connectivity index (χ3v) is 3.13. The number of nitrogens with zero attached hydrogens (tertiary/aromatic N) is 2. The number of nitrogens with two attached hydrogens (primary N) is 1. The molecule has 13 heavy (non-hydrogen) atoms. The Hall–Kier alpha value is -1.06. The van der Waals surface area contributed by atoms with Gasteiger partial charge in [-0.25, -0.2) is 0 Å². The van der Waals surface area contributed by atoms with Crippen LogP contribution in [-0.2, 0) is 5.41 Å². The molecule has 1 aromatic heterocycles. The number of nitrogen functional groups attached to an aromatic ring is 1. The van der Waals surface area contributed by atoms with Crippen molar-refractivity contribution in [3.63, 3.8) is 0 Å². The molecule has 2 N–H and O–H groups in total. The van der Waals surface area contributed by atoms with E-state index in [-0.39, 0.29) is 11.4 Å². The van der Waals surface area contributed by atoms with Crippen LogP contribution in [0.15, 0.2) is 4.42 Å². The first-order valence-electron chi connectivity index (χ1n) is 4.86. The van der Waals surface area contributed by atoms with Crippen LogP contribution in [0, 0.1) is 0 Å². The molecule has 0 bridgehead atoms. The zero-order chi connectivity index (χ0) is 9.31. The molecule has 2 rings (SSSR count). The summed E-state index contributed by atoms with van der Waals surface area (Å²) in [6, 6.07) is 0.190. The standard InChI is InChI=1S/C9H15N3O/c1-2-9(5-3-4-6-9)7-11-12-8(10)13-7/h2-6H2,1H3,(H2,10,12). The Labute approximate surface area is 77.5 Å². The van der Waals surface area contributed by atoms with Gasteiger partial charge in [0, 0.05) is 5.41 Å². The van der Waals surface area contributed by atoms with E-state index in [4.69, 9.17) is 10.2 Å². The minimum absolute atomic E-state index is 0.130. The van der Waals surface area contributed by atoms with Crippen LogP contribution in [0.5, 0.6) is 0 Å². The second-order valence-electron chi connectivity index (χ2n) is 3.79. The molecule has 0 saturated heterocycles. The van der Waals surface area contributed by atoms with Crippen molar-refractivity contribution in [3.8, 4) is 0 Å². The highest BCUT2D eigenvalue weighted by Gasteiger charge is 2.38. The van der Waals surface area contributed by atoms with Crippen LogP contribution in [-0.4, -0.2) is 10.2 Å². The van der Waals surface area contributed by atoms with Gasteiger partial charge in [0.1, 0.15) is 0 Å². The molecule has 0 aliphatic heterocycles. The summed E-state index contributed by atoms with van der Waals surface area (Å²) in [6.45, 7) is 2.17. The molecule has 1 saturated carbocycles. The summed E-state index contributed by atoms with van der Waals surface area (Å²) >= 11 is 0. The van der Waals surface area contributed by atoms with E-state index in [2.05, 4.69) is 17.1 Å². The van der Waals surface area contributed by atoms with Gasteiger partial charge in [-0.05, 0) is 19.3 Å². The van der Waals surface area contributed by atoms with Crippen molar-refractivity contribution in [2.24, 2.45) is 0 Å². The predicted molar refractivity (Wildman–Crippen MR) is 49.1 cm³/mol. The van der Waals surface area contributed by atoms with Gasteiger partial charge in [0.25, 0.3) is 0 Å². The van der Waals surface area contributed by atoms with Crippen LogP contribution in [0.1, 0.15) is 44.9 Å². The first-order chi connectivity index (χ1) is 6.27. The zero-order valence-corrected chi connectivity index (χ0v) is 7.92. The van der Waals surface area contributed by atoms with Gasteiger partial charge in [0.2, 0.25) is 5.89 Å². The van der Waals surface area contributed by atoms with Crippen molar-refractivity contribution < 1.29 is 4.42 Å². The van der Waals surface area contributed by atoms with Crippen molar-refractivity contribution in [3.05, 3.63) is 5.89 Å². The van der Waals surface area contributed by atoms with E-state index in [9.17, 15) is 0 Å². The number of hydrogen-bond acceptors (Lipinski definition) is 4. The molecule has 0 atom stereocenters. The Bertz CT molecular complexity index is 289. The van der Waals surface area contributed by atoms with Crippen LogP contribution in [0.2, 0.25) is 0 Å². The second kappa shape index (κ2) is 3.01. The first-order valence-corrected chi connectivity index (χ1v) is 4.86. The average molecular weight is 181 g/mol. The summed E-state index contributed by atoms with van der Waals surface area (Å²) in [7, 11) is 0. The van der Waals surface area contributed by atoms with Crippen molar-refractivity contribution >= 4 is 6.01 Å². The third-order valence-electron chi connectivity index (χ3n) is 3.13. The van der Waals surface area contributed by atoms with Crippen LogP contribution >= 0.6 is 0 Å². The lowest BCUT2D eigenvalue weighted by molar-refractivity contribution is 0.320. The van der Waals surface area contributed by atoms with E-state index in [1.165, 1.54) is 12.8 Å². The summed E-state index contributed by atoms with van der Waals surface area (Å²) in [5.41, 5.74) is 5.55. The number of anilines is 1. The maximum absolute atomic E-state index is 5.42. The lowest BCUT2D eigenvalue weighted by atomic mass is 9.83. The zero-order valence-electron chi connectivity index (χ0n) is 7.92. The van der Waals surface area contributed by atoms with E-state index in [1.807, 2.05) is 0 Å². The maximum atomic E-state index is 5.42. The summed E-state index contributed by atoms with van der Waals surface area (Å²) in [6.07, 6.45) is 5.90. The van der Waals surface area contributed by atoms with Gasteiger partial charge in [0.05, 0.1) is 0 Å². The van der Waals surface area contributed by atoms with Crippen LogP contribution in [0.4, 0.5) is 6.01 Å². The number of hydrogen-bond donors (Lipinski definition) is 1. The fraction of sp³-hybridized carbons (Fsp3) is 0.778. The largest absolute Gasteiger partial charge is 0.408 e. The van der Waals surface area contributed by atoms with E-state index >= 15 is 0 Å². The van der Waals surface area contributed by atoms with Crippen molar-refractivity contribution in [2.45, 2.75) is 44.4 Å². The van der Waals surface area contributed by atoms with Gasteiger partial charge in [-0.1, -0.05) is 24.9 Å². The SMILES string of the molecule is CCC1(c2nnc(N)o2)CCCC1. The Morgan fingerprint density at radius 2 is 2.08 bits per heavy atom. The van der Waals surface area contributed by atoms with E-state index in [0.29, 0.717) is 0 Å². The summed E-state index contributed by atoms with van der Waals surface area (Å²) < 4.78 is 5.32. The Morgan fingerprint density at radius 3 is 2.54 bits per heavy atom. The lowest BCUT2D eigenvalue weighted by Crippen LogP contribution is -2.21. The van der Waals surface area contributed by atoms with E-state index in [1.54, 1.807) is 0 Å². The molecule has 1 aliphatic carbocycles. The molecule has 1 heterocycles. The Kier molecular flexibility index (Phi) is 1.98. The molecule has 72 valence electrons. The molecule has 4 nitrogen and oxygen atoms in total.